The van der Waals surface area contributed by atoms with E-state index in [1.165, 1.54) is 0 Å². The molecule has 0 radical (unpaired) electrons. The summed E-state index contributed by atoms with van der Waals surface area (Å²) in [6.07, 6.45) is 1.44. The number of nitrogens with zero attached hydrogens (tertiary/aromatic N) is 2. The van der Waals surface area contributed by atoms with E-state index in [-0.39, 0.29) is 0 Å². The highest BCUT2D eigenvalue weighted by Gasteiger charge is 2.43. The van der Waals surface area contributed by atoms with E-state index in [0.717, 1.165) is 5.56 Å². The number of carbonyl (C=O) groups is 1. The average molecular weight is 311 g/mol. The lowest BCUT2D eigenvalue weighted by Crippen LogP contribution is -2.45. The highest BCUT2D eigenvalue weighted by molar-refractivity contribution is 5.80. The normalized spacial score (nSPS) is 16.9. The molecule has 1 aliphatic rings. The molecule has 0 spiro atoms. The predicted octanol–water partition coefficient (Wildman–Crippen LogP) is 2.32. The third kappa shape index (κ3) is 4.09. The van der Waals surface area contributed by atoms with Crippen LogP contribution < -0.4 is 5.32 Å². The van der Waals surface area contributed by atoms with Crippen molar-refractivity contribution in [2.24, 2.45) is 5.41 Å². The van der Waals surface area contributed by atoms with Gasteiger partial charge in [0, 0.05) is 6.42 Å². The molecule has 0 amide bonds. The van der Waals surface area contributed by atoms with Crippen LogP contribution in [0.1, 0.15) is 37.8 Å². The summed E-state index contributed by atoms with van der Waals surface area (Å²) < 4.78 is 5.68. The van der Waals surface area contributed by atoms with E-state index >= 15 is 0 Å². The molecule has 1 aromatic carbocycles. The van der Waals surface area contributed by atoms with Crippen LogP contribution in [0.25, 0.3) is 0 Å². The molecule has 0 aliphatic carbocycles. The second kappa shape index (κ2) is 6.81. The zero-order chi connectivity index (χ0) is 16.9. The molecule has 1 fully saturated rings. The van der Waals surface area contributed by atoms with Gasteiger partial charge in [0.25, 0.3) is 0 Å². The summed E-state index contributed by atoms with van der Waals surface area (Å²) in [5, 5.41) is 21.6. The SMILES string of the molecule is CC(C)(Cc1cccc(C#N)c1)OC(=O)C1(C#N)CCNCC1. The van der Waals surface area contributed by atoms with E-state index in [2.05, 4.69) is 17.5 Å². The predicted molar refractivity (Wildman–Crippen MR) is 85.2 cm³/mol. The Morgan fingerprint density at radius 2 is 2.04 bits per heavy atom. The average Bonchev–Trinajstić information content (AvgIpc) is 2.54. The minimum Gasteiger partial charge on any atom is -0.458 e. The van der Waals surface area contributed by atoms with Crippen LogP contribution in [0.2, 0.25) is 0 Å². The number of carbonyl (C=O) groups excluding carboxylic acids is 1. The van der Waals surface area contributed by atoms with Crippen molar-refractivity contribution in [2.75, 3.05) is 13.1 Å². The van der Waals surface area contributed by atoms with Gasteiger partial charge in [0.15, 0.2) is 5.41 Å². The van der Waals surface area contributed by atoms with Gasteiger partial charge >= 0.3 is 5.97 Å². The third-order valence-electron chi connectivity index (χ3n) is 4.12. The van der Waals surface area contributed by atoms with Gasteiger partial charge in [0.05, 0.1) is 17.7 Å². The number of benzene rings is 1. The van der Waals surface area contributed by atoms with Gasteiger partial charge in [0.2, 0.25) is 0 Å². The lowest BCUT2D eigenvalue weighted by molar-refractivity contribution is -0.167. The van der Waals surface area contributed by atoms with Crippen molar-refractivity contribution in [3.63, 3.8) is 0 Å². The Balaban J connectivity index is 2.09. The minimum atomic E-state index is -1.04. The summed E-state index contributed by atoms with van der Waals surface area (Å²) >= 11 is 0. The number of rotatable bonds is 4. The Hall–Kier alpha value is -2.37. The van der Waals surface area contributed by atoms with E-state index in [1.54, 1.807) is 12.1 Å². The van der Waals surface area contributed by atoms with Gasteiger partial charge in [-0.3, -0.25) is 4.79 Å². The van der Waals surface area contributed by atoms with E-state index < -0.39 is 17.0 Å². The van der Waals surface area contributed by atoms with Crippen LogP contribution in [-0.4, -0.2) is 24.7 Å². The van der Waals surface area contributed by atoms with E-state index in [1.807, 2.05) is 26.0 Å². The molecule has 0 aromatic heterocycles. The molecule has 1 saturated heterocycles. The number of hydrogen-bond donors (Lipinski definition) is 1. The molecule has 0 saturated carbocycles. The topological polar surface area (TPSA) is 85.9 Å². The van der Waals surface area contributed by atoms with Crippen molar-refractivity contribution >= 4 is 5.97 Å². The Morgan fingerprint density at radius 3 is 2.65 bits per heavy atom. The van der Waals surface area contributed by atoms with Crippen LogP contribution in [0.15, 0.2) is 24.3 Å². The minimum absolute atomic E-state index is 0.442. The van der Waals surface area contributed by atoms with Crippen LogP contribution in [0.3, 0.4) is 0 Å². The second-order valence-electron chi connectivity index (χ2n) is 6.58. The summed E-state index contributed by atoms with van der Waals surface area (Å²) in [5.74, 6) is -0.442. The van der Waals surface area contributed by atoms with Gasteiger partial charge in [-0.2, -0.15) is 10.5 Å². The van der Waals surface area contributed by atoms with Crippen molar-refractivity contribution in [1.29, 1.82) is 10.5 Å². The molecule has 120 valence electrons. The number of nitriles is 2. The fourth-order valence-electron chi connectivity index (χ4n) is 2.84. The molecule has 2 rings (SSSR count). The van der Waals surface area contributed by atoms with Crippen LogP contribution in [0.5, 0.6) is 0 Å². The molecule has 0 bridgehead atoms. The number of ether oxygens (including phenoxy) is 1. The van der Waals surface area contributed by atoms with Crippen LogP contribution in [0.4, 0.5) is 0 Å². The standard InChI is InChI=1S/C18H21N3O2/c1-17(2,11-14-4-3-5-15(10-14)12-19)23-16(22)18(13-20)6-8-21-9-7-18/h3-5,10,21H,6-9,11H2,1-2H3. The smallest absolute Gasteiger partial charge is 0.327 e. The number of piperidine rings is 1. The number of hydrogen-bond acceptors (Lipinski definition) is 5. The van der Waals surface area contributed by atoms with E-state index in [4.69, 9.17) is 10.00 Å². The van der Waals surface area contributed by atoms with E-state index in [0.29, 0.717) is 37.9 Å². The molecule has 23 heavy (non-hydrogen) atoms. The van der Waals surface area contributed by atoms with Gasteiger partial charge in [-0.05, 0) is 57.5 Å². The molecule has 1 aliphatic heterocycles. The van der Waals surface area contributed by atoms with Crippen molar-refractivity contribution in [3.8, 4) is 12.1 Å². The third-order valence-corrected chi connectivity index (χ3v) is 4.12. The molecule has 1 N–H and O–H groups in total. The van der Waals surface area contributed by atoms with Crippen molar-refractivity contribution in [3.05, 3.63) is 35.4 Å². The quantitative estimate of drug-likeness (QED) is 0.862. The Morgan fingerprint density at radius 1 is 1.35 bits per heavy atom. The van der Waals surface area contributed by atoms with Gasteiger partial charge in [-0.1, -0.05) is 12.1 Å². The van der Waals surface area contributed by atoms with Crippen LogP contribution in [0, 0.1) is 28.1 Å². The zero-order valence-corrected chi connectivity index (χ0v) is 13.6. The van der Waals surface area contributed by atoms with Crippen LogP contribution in [-0.2, 0) is 16.0 Å². The molecule has 0 atom stereocenters. The van der Waals surface area contributed by atoms with Gasteiger partial charge in [0.1, 0.15) is 5.60 Å². The van der Waals surface area contributed by atoms with Gasteiger partial charge in [-0.15, -0.1) is 0 Å². The highest BCUT2D eigenvalue weighted by Crippen LogP contribution is 2.32. The van der Waals surface area contributed by atoms with Crippen molar-refractivity contribution < 1.29 is 9.53 Å². The maximum atomic E-state index is 12.6. The molecule has 1 aromatic rings. The Labute approximate surface area is 136 Å². The largest absolute Gasteiger partial charge is 0.458 e. The first kappa shape index (κ1) is 17.0. The first-order chi connectivity index (χ1) is 10.9. The molecular formula is C18H21N3O2. The van der Waals surface area contributed by atoms with Gasteiger partial charge in [-0.25, -0.2) is 0 Å². The molecule has 0 unspecified atom stereocenters. The first-order valence-corrected chi connectivity index (χ1v) is 7.75. The summed E-state index contributed by atoms with van der Waals surface area (Å²) in [6.45, 7) is 4.95. The summed E-state index contributed by atoms with van der Waals surface area (Å²) in [5.41, 5.74) is -0.272. The maximum Gasteiger partial charge on any atom is 0.327 e. The molecule has 5 nitrogen and oxygen atoms in total. The number of esters is 1. The monoisotopic (exact) mass is 311 g/mol. The van der Waals surface area contributed by atoms with Crippen molar-refractivity contribution in [2.45, 2.75) is 38.7 Å². The van der Waals surface area contributed by atoms with Gasteiger partial charge < -0.3 is 10.1 Å². The highest BCUT2D eigenvalue weighted by atomic mass is 16.6. The second-order valence-corrected chi connectivity index (χ2v) is 6.58. The first-order valence-electron chi connectivity index (χ1n) is 7.75. The number of nitrogens with one attached hydrogen (secondary N) is 1. The Bertz CT molecular complexity index is 662. The summed E-state index contributed by atoms with van der Waals surface area (Å²) in [7, 11) is 0. The lowest BCUT2D eigenvalue weighted by atomic mass is 9.80. The van der Waals surface area contributed by atoms with Crippen LogP contribution >= 0.6 is 0 Å². The summed E-state index contributed by atoms with van der Waals surface area (Å²) in [4.78, 5) is 12.6. The summed E-state index contributed by atoms with van der Waals surface area (Å²) in [6, 6.07) is 11.5. The fourth-order valence-corrected chi connectivity index (χ4v) is 2.84. The molecule has 1 heterocycles. The zero-order valence-electron chi connectivity index (χ0n) is 13.6. The molecular weight excluding hydrogens is 290 g/mol. The van der Waals surface area contributed by atoms with E-state index in [9.17, 15) is 10.1 Å². The fraction of sp³-hybridized carbons (Fsp3) is 0.500. The van der Waals surface area contributed by atoms with Crippen molar-refractivity contribution in [1.82, 2.24) is 5.32 Å². The molecule has 5 heteroatoms. The Kier molecular flexibility index (Phi) is 5.03. The lowest BCUT2D eigenvalue weighted by Gasteiger charge is -2.33. The maximum absolute atomic E-state index is 12.6.